The van der Waals surface area contributed by atoms with Crippen LogP contribution in [0.3, 0.4) is 0 Å². The van der Waals surface area contributed by atoms with E-state index in [0.717, 1.165) is 0 Å². The third-order valence-corrected chi connectivity index (χ3v) is 4.00. The normalized spacial score (nSPS) is 31.5. The molecule has 4 N–H and O–H groups in total. The van der Waals surface area contributed by atoms with Crippen LogP contribution in [0.5, 0.6) is 0 Å². The van der Waals surface area contributed by atoms with E-state index in [1.807, 2.05) is 6.08 Å². The summed E-state index contributed by atoms with van der Waals surface area (Å²) in [5.74, 6) is 1.21. The molecule has 0 bridgehead atoms. The van der Waals surface area contributed by atoms with Gasteiger partial charge in [0.25, 0.3) is 0 Å². The molecule has 2 aliphatic rings. The molecule has 1 fully saturated rings. The number of likely N-dealkylation sites (tertiary alicyclic amines) is 1. The van der Waals surface area contributed by atoms with Crippen molar-refractivity contribution >= 4 is 5.84 Å². The van der Waals surface area contributed by atoms with E-state index in [4.69, 9.17) is 11.5 Å². The van der Waals surface area contributed by atoms with Crippen molar-refractivity contribution in [3.05, 3.63) is 12.3 Å². The molecule has 0 aromatic rings. The van der Waals surface area contributed by atoms with E-state index in [0.29, 0.717) is 18.2 Å². The Hall–Kier alpha value is -0.870. The summed E-state index contributed by atoms with van der Waals surface area (Å²) < 4.78 is 0. The first kappa shape index (κ1) is 12.6. The highest BCUT2D eigenvalue weighted by molar-refractivity contribution is 5.83. The zero-order valence-electron chi connectivity index (χ0n) is 10.7. The molecule has 17 heavy (non-hydrogen) atoms. The van der Waals surface area contributed by atoms with Gasteiger partial charge in [0.2, 0.25) is 0 Å². The fraction of sp³-hybridized carbons (Fsp3) is 0.769. The molecule has 1 saturated heterocycles. The van der Waals surface area contributed by atoms with E-state index in [2.05, 4.69) is 16.8 Å². The number of piperidine rings is 1. The summed E-state index contributed by atoms with van der Waals surface area (Å²) in [5.41, 5.74) is 12.0. The van der Waals surface area contributed by atoms with Crippen molar-refractivity contribution in [1.82, 2.24) is 4.90 Å². The van der Waals surface area contributed by atoms with E-state index in [1.54, 1.807) is 6.20 Å². The summed E-state index contributed by atoms with van der Waals surface area (Å²) in [6, 6.07) is 0. The smallest absolute Gasteiger partial charge is 0.101 e. The Kier molecular flexibility index (Phi) is 3.84. The molecule has 0 saturated carbocycles. The Bertz CT molecular complexity index is 315. The van der Waals surface area contributed by atoms with Crippen molar-refractivity contribution < 1.29 is 0 Å². The van der Waals surface area contributed by atoms with Crippen LogP contribution in [0.15, 0.2) is 17.3 Å². The first-order chi connectivity index (χ1) is 8.14. The van der Waals surface area contributed by atoms with Gasteiger partial charge in [0, 0.05) is 18.2 Å². The van der Waals surface area contributed by atoms with Crippen LogP contribution < -0.4 is 11.5 Å². The fourth-order valence-electron chi connectivity index (χ4n) is 2.98. The van der Waals surface area contributed by atoms with Gasteiger partial charge in [-0.25, -0.2) is 4.99 Å². The summed E-state index contributed by atoms with van der Waals surface area (Å²) >= 11 is 0. The molecule has 4 nitrogen and oxygen atoms in total. The molecule has 1 atom stereocenters. The molecule has 0 radical (unpaired) electrons. The van der Waals surface area contributed by atoms with Gasteiger partial charge in [-0.3, -0.25) is 0 Å². The number of amidine groups is 1. The summed E-state index contributed by atoms with van der Waals surface area (Å²) in [4.78, 5) is 6.62. The lowest BCUT2D eigenvalue weighted by Gasteiger charge is -2.41. The van der Waals surface area contributed by atoms with Gasteiger partial charge in [-0.05, 0) is 50.9 Å². The molecule has 0 amide bonds. The predicted molar refractivity (Wildman–Crippen MR) is 71.8 cm³/mol. The van der Waals surface area contributed by atoms with Crippen molar-refractivity contribution in [1.29, 1.82) is 0 Å². The molecule has 1 unspecified atom stereocenters. The number of hydrogen-bond donors (Lipinski definition) is 2. The van der Waals surface area contributed by atoms with Gasteiger partial charge in [0.15, 0.2) is 0 Å². The van der Waals surface area contributed by atoms with Gasteiger partial charge in [-0.2, -0.15) is 0 Å². The molecule has 0 aromatic heterocycles. The average molecular weight is 236 g/mol. The second-order valence-corrected chi connectivity index (χ2v) is 5.34. The molecule has 0 spiro atoms. The molecule has 96 valence electrons. The van der Waals surface area contributed by atoms with Gasteiger partial charge >= 0.3 is 0 Å². The lowest BCUT2D eigenvalue weighted by molar-refractivity contribution is 0.149. The first-order valence-electron chi connectivity index (χ1n) is 6.65. The number of nitrogens with two attached hydrogens (primary N) is 2. The van der Waals surface area contributed by atoms with Crippen LogP contribution >= 0.6 is 0 Å². The lowest BCUT2D eigenvalue weighted by atomic mass is 9.75. The Morgan fingerprint density at radius 3 is 2.76 bits per heavy atom. The average Bonchev–Trinajstić information content (AvgIpc) is 2.30. The van der Waals surface area contributed by atoms with Crippen LogP contribution in [0.25, 0.3) is 0 Å². The number of hydrogen-bond acceptors (Lipinski definition) is 4. The van der Waals surface area contributed by atoms with E-state index < -0.39 is 0 Å². The molecular weight excluding hydrogens is 212 g/mol. The van der Waals surface area contributed by atoms with Gasteiger partial charge in [-0.15, -0.1) is 0 Å². The van der Waals surface area contributed by atoms with Gasteiger partial charge < -0.3 is 16.4 Å². The van der Waals surface area contributed by atoms with Gasteiger partial charge in [0.05, 0.1) is 0 Å². The highest BCUT2D eigenvalue weighted by Gasteiger charge is 2.36. The fourth-order valence-corrected chi connectivity index (χ4v) is 2.98. The molecule has 0 aromatic carbocycles. The monoisotopic (exact) mass is 236 g/mol. The molecule has 0 aliphatic carbocycles. The lowest BCUT2D eigenvalue weighted by Crippen LogP contribution is -2.52. The maximum absolute atomic E-state index is 6.48. The SMILES string of the molecule is CCCN1CCC(C2(N)C=CN=C(N)C2)CC1. The first-order valence-corrected chi connectivity index (χ1v) is 6.65. The Labute approximate surface area is 104 Å². The Balaban J connectivity index is 1.92. The van der Waals surface area contributed by atoms with Crippen molar-refractivity contribution in [3.63, 3.8) is 0 Å². The zero-order valence-corrected chi connectivity index (χ0v) is 10.7. The summed E-state index contributed by atoms with van der Waals surface area (Å²) in [7, 11) is 0. The molecule has 2 heterocycles. The second-order valence-electron chi connectivity index (χ2n) is 5.34. The van der Waals surface area contributed by atoms with E-state index in [1.165, 1.54) is 38.9 Å². The minimum absolute atomic E-state index is 0.260. The summed E-state index contributed by atoms with van der Waals surface area (Å²) in [6.45, 7) is 5.78. The Morgan fingerprint density at radius 2 is 2.18 bits per heavy atom. The van der Waals surface area contributed by atoms with Crippen LogP contribution in [0.2, 0.25) is 0 Å². The minimum atomic E-state index is -0.260. The molecular formula is C13H24N4. The minimum Gasteiger partial charge on any atom is -0.387 e. The highest BCUT2D eigenvalue weighted by Crippen LogP contribution is 2.31. The van der Waals surface area contributed by atoms with Crippen LogP contribution in [-0.2, 0) is 0 Å². The highest BCUT2D eigenvalue weighted by atomic mass is 15.1. The van der Waals surface area contributed by atoms with Gasteiger partial charge in [0.1, 0.15) is 5.84 Å². The standard InChI is InChI=1S/C13H24N4/c1-2-7-17-8-3-11(4-9-17)13(15)5-6-16-12(14)10-13/h5-6,11H,2-4,7-10,15H2,1H3,(H2,14,16). The maximum Gasteiger partial charge on any atom is 0.101 e. The predicted octanol–water partition coefficient (Wildman–Crippen LogP) is 1.08. The van der Waals surface area contributed by atoms with Crippen LogP contribution in [0.4, 0.5) is 0 Å². The van der Waals surface area contributed by atoms with E-state index in [-0.39, 0.29) is 5.54 Å². The third kappa shape index (κ3) is 2.87. The summed E-state index contributed by atoms with van der Waals surface area (Å²) in [6.07, 6.45) is 8.11. The number of nitrogens with zero attached hydrogens (tertiary/aromatic N) is 2. The zero-order chi connectivity index (χ0) is 12.3. The number of rotatable bonds is 3. The van der Waals surface area contributed by atoms with Crippen molar-refractivity contribution in [2.45, 2.75) is 38.1 Å². The molecule has 4 heteroatoms. The van der Waals surface area contributed by atoms with Crippen molar-refractivity contribution in [3.8, 4) is 0 Å². The summed E-state index contributed by atoms with van der Waals surface area (Å²) in [5, 5.41) is 0. The molecule has 2 aliphatic heterocycles. The topological polar surface area (TPSA) is 67.6 Å². The van der Waals surface area contributed by atoms with E-state index in [9.17, 15) is 0 Å². The van der Waals surface area contributed by atoms with Crippen LogP contribution in [-0.4, -0.2) is 35.9 Å². The van der Waals surface area contributed by atoms with Crippen molar-refractivity contribution in [2.75, 3.05) is 19.6 Å². The second kappa shape index (κ2) is 5.19. The van der Waals surface area contributed by atoms with E-state index >= 15 is 0 Å². The third-order valence-electron chi connectivity index (χ3n) is 4.00. The Morgan fingerprint density at radius 1 is 1.47 bits per heavy atom. The van der Waals surface area contributed by atoms with Crippen LogP contribution in [0, 0.1) is 5.92 Å². The molecule has 2 rings (SSSR count). The van der Waals surface area contributed by atoms with Gasteiger partial charge in [-0.1, -0.05) is 6.92 Å². The number of aliphatic imine (C=N–C) groups is 1. The van der Waals surface area contributed by atoms with Crippen LogP contribution in [0.1, 0.15) is 32.6 Å². The van der Waals surface area contributed by atoms with Crippen molar-refractivity contribution in [2.24, 2.45) is 22.4 Å². The quantitative estimate of drug-likeness (QED) is 0.770. The largest absolute Gasteiger partial charge is 0.387 e. The maximum atomic E-state index is 6.48.